The summed E-state index contributed by atoms with van der Waals surface area (Å²) in [6.07, 6.45) is 1.91. The molecule has 1 aromatic rings. The monoisotopic (exact) mass is 304 g/mol. The number of benzene rings is 1. The van der Waals surface area contributed by atoms with Crippen molar-refractivity contribution in [2.24, 2.45) is 5.92 Å². The molecule has 5 nitrogen and oxygen atoms in total. The van der Waals surface area contributed by atoms with Crippen molar-refractivity contribution in [1.29, 1.82) is 0 Å². The standard InChI is InChI=1S/C12H14Cl2N2O3/c13-10-4-9(16(18)19)5-11(14)12(10)15-3-1-2-8(6-15)7-17/h4-5,8,17H,1-3,6-7H2. The molecule has 104 valence electrons. The first kappa shape index (κ1) is 14.4. The molecular formula is C12H14Cl2N2O3. The lowest BCUT2D eigenvalue weighted by Crippen LogP contribution is -2.37. The first-order valence-corrected chi connectivity index (χ1v) is 6.77. The van der Waals surface area contributed by atoms with Crippen LogP contribution in [-0.4, -0.2) is 29.7 Å². The molecule has 0 bridgehead atoms. The van der Waals surface area contributed by atoms with Crippen LogP contribution in [0, 0.1) is 16.0 Å². The minimum Gasteiger partial charge on any atom is -0.396 e. The Kier molecular flexibility index (Phi) is 4.50. The number of rotatable bonds is 3. The van der Waals surface area contributed by atoms with Gasteiger partial charge in [0.05, 0.1) is 20.7 Å². The predicted octanol–water partition coefficient (Wildman–Crippen LogP) is 3.11. The third-order valence-electron chi connectivity index (χ3n) is 3.31. The molecule has 0 aliphatic carbocycles. The lowest BCUT2D eigenvalue weighted by Gasteiger charge is -2.34. The van der Waals surface area contributed by atoms with Crippen molar-refractivity contribution in [3.05, 3.63) is 32.3 Å². The molecule has 19 heavy (non-hydrogen) atoms. The Morgan fingerprint density at radius 2 is 2.05 bits per heavy atom. The van der Waals surface area contributed by atoms with Crippen LogP contribution in [0.15, 0.2) is 12.1 Å². The Labute approximate surface area is 120 Å². The summed E-state index contributed by atoms with van der Waals surface area (Å²) < 4.78 is 0. The molecule has 1 heterocycles. The summed E-state index contributed by atoms with van der Waals surface area (Å²) in [5.74, 6) is 0.191. The quantitative estimate of drug-likeness (QED) is 0.688. The molecule has 0 radical (unpaired) electrons. The Bertz CT molecular complexity index is 473. The molecule has 1 aliphatic heterocycles. The van der Waals surface area contributed by atoms with E-state index >= 15 is 0 Å². The normalized spacial score (nSPS) is 19.5. The summed E-state index contributed by atoms with van der Waals surface area (Å²) >= 11 is 12.2. The third kappa shape index (κ3) is 3.11. The third-order valence-corrected chi connectivity index (χ3v) is 3.88. The first-order chi connectivity index (χ1) is 9.02. The number of aliphatic hydroxyl groups excluding tert-OH is 1. The van der Waals surface area contributed by atoms with E-state index in [9.17, 15) is 15.2 Å². The molecular weight excluding hydrogens is 291 g/mol. The van der Waals surface area contributed by atoms with Crippen molar-refractivity contribution < 1.29 is 10.0 Å². The highest BCUT2D eigenvalue weighted by atomic mass is 35.5. The van der Waals surface area contributed by atoms with Crippen LogP contribution in [0.1, 0.15) is 12.8 Å². The summed E-state index contributed by atoms with van der Waals surface area (Å²) in [5, 5.41) is 20.5. The van der Waals surface area contributed by atoms with Crippen LogP contribution in [0.4, 0.5) is 11.4 Å². The number of hydrogen-bond donors (Lipinski definition) is 1. The number of nitrogens with zero attached hydrogens (tertiary/aromatic N) is 2. The van der Waals surface area contributed by atoms with Gasteiger partial charge in [-0.3, -0.25) is 10.1 Å². The number of piperidine rings is 1. The van der Waals surface area contributed by atoms with Crippen molar-refractivity contribution in [2.75, 3.05) is 24.6 Å². The van der Waals surface area contributed by atoms with Crippen LogP contribution in [0.2, 0.25) is 10.0 Å². The van der Waals surface area contributed by atoms with Crippen LogP contribution in [0.25, 0.3) is 0 Å². The minimum atomic E-state index is -0.520. The summed E-state index contributed by atoms with van der Waals surface area (Å²) in [7, 11) is 0. The average molecular weight is 305 g/mol. The summed E-state index contributed by atoms with van der Waals surface area (Å²) in [5.41, 5.74) is 0.501. The van der Waals surface area contributed by atoms with Gasteiger partial charge in [-0.1, -0.05) is 23.2 Å². The largest absolute Gasteiger partial charge is 0.396 e. The molecule has 0 spiro atoms. The van der Waals surface area contributed by atoms with Crippen LogP contribution in [0.3, 0.4) is 0 Å². The number of aliphatic hydroxyl groups is 1. The van der Waals surface area contributed by atoms with Gasteiger partial charge in [0, 0.05) is 31.8 Å². The maximum Gasteiger partial charge on any atom is 0.272 e. The molecule has 1 fully saturated rings. The highest BCUT2D eigenvalue weighted by Crippen LogP contribution is 2.39. The maximum absolute atomic E-state index is 10.7. The molecule has 2 rings (SSSR count). The van der Waals surface area contributed by atoms with Crippen LogP contribution < -0.4 is 4.90 Å². The van der Waals surface area contributed by atoms with Gasteiger partial charge in [-0.05, 0) is 18.8 Å². The topological polar surface area (TPSA) is 66.6 Å². The van der Waals surface area contributed by atoms with Gasteiger partial charge < -0.3 is 10.0 Å². The fourth-order valence-corrected chi connectivity index (χ4v) is 3.09. The summed E-state index contributed by atoms with van der Waals surface area (Å²) in [4.78, 5) is 12.2. The van der Waals surface area contributed by atoms with Crippen molar-refractivity contribution in [3.63, 3.8) is 0 Å². The van der Waals surface area contributed by atoms with Crippen LogP contribution in [-0.2, 0) is 0 Å². The van der Waals surface area contributed by atoms with E-state index in [1.54, 1.807) is 0 Å². The molecule has 0 amide bonds. The summed E-state index contributed by atoms with van der Waals surface area (Å²) in [6, 6.07) is 2.62. The molecule has 1 N–H and O–H groups in total. The Balaban J connectivity index is 2.31. The van der Waals surface area contributed by atoms with Gasteiger partial charge in [0.1, 0.15) is 0 Å². The summed E-state index contributed by atoms with van der Waals surface area (Å²) in [6.45, 7) is 1.57. The second-order valence-corrected chi connectivity index (χ2v) is 5.47. The van der Waals surface area contributed by atoms with Gasteiger partial charge in [0.15, 0.2) is 0 Å². The van der Waals surface area contributed by atoms with Gasteiger partial charge in [-0.15, -0.1) is 0 Å². The van der Waals surface area contributed by atoms with Crippen LogP contribution in [0.5, 0.6) is 0 Å². The van der Waals surface area contributed by atoms with E-state index in [0.29, 0.717) is 12.2 Å². The number of hydrogen-bond acceptors (Lipinski definition) is 4. The second kappa shape index (κ2) is 5.94. The van der Waals surface area contributed by atoms with Gasteiger partial charge in [-0.25, -0.2) is 0 Å². The first-order valence-electron chi connectivity index (χ1n) is 6.02. The number of nitro benzene ring substituents is 1. The zero-order valence-electron chi connectivity index (χ0n) is 10.2. The lowest BCUT2D eigenvalue weighted by molar-refractivity contribution is -0.384. The van der Waals surface area contributed by atoms with E-state index in [-0.39, 0.29) is 28.3 Å². The van der Waals surface area contributed by atoms with Gasteiger partial charge >= 0.3 is 0 Å². The molecule has 1 unspecified atom stereocenters. The SMILES string of the molecule is O=[N+]([O-])c1cc(Cl)c(N2CCCC(CO)C2)c(Cl)c1. The zero-order valence-corrected chi connectivity index (χ0v) is 11.7. The van der Waals surface area contributed by atoms with Gasteiger partial charge in [0.2, 0.25) is 0 Å². The highest BCUT2D eigenvalue weighted by Gasteiger charge is 2.24. The second-order valence-electron chi connectivity index (χ2n) is 4.65. The Hall–Kier alpha value is -1.04. The molecule has 0 aromatic heterocycles. The molecule has 1 atom stereocenters. The maximum atomic E-state index is 10.7. The number of nitro groups is 1. The molecule has 1 aliphatic rings. The molecule has 1 saturated heterocycles. The van der Waals surface area contributed by atoms with Gasteiger partial charge in [-0.2, -0.15) is 0 Å². The Morgan fingerprint density at radius 1 is 1.42 bits per heavy atom. The predicted molar refractivity (Wildman–Crippen MR) is 75.1 cm³/mol. The minimum absolute atomic E-state index is 0.116. The van der Waals surface area contributed by atoms with Crippen LogP contribution >= 0.6 is 23.2 Å². The van der Waals surface area contributed by atoms with Crippen molar-refractivity contribution >= 4 is 34.6 Å². The molecule has 1 aromatic carbocycles. The Morgan fingerprint density at radius 3 is 2.58 bits per heavy atom. The van der Waals surface area contributed by atoms with Gasteiger partial charge in [0.25, 0.3) is 5.69 Å². The number of halogens is 2. The van der Waals surface area contributed by atoms with E-state index in [1.807, 2.05) is 4.90 Å². The highest BCUT2D eigenvalue weighted by molar-refractivity contribution is 6.39. The van der Waals surface area contributed by atoms with E-state index in [0.717, 1.165) is 19.4 Å². The number of non-ortho nitro benzene ring substituents is 1. The average Bonchev–Trinajstić information content (AvgIpc) is 2.38. The smallest absolute Gasteiger partial charge is 0.272 e. The van der Waals surface area contributed by atoms with Crippen molar-refractivity contribution in [3.8, 4) is 0 Å². The molecule has 7 heteroatoms. The van der Waals surface area contributed by atoms with E-state index in [1.165, 1.54) is 12.1 Å². The van der Waals surface area contributed by atoms with E-state index in [4.69, 9.17) is 23.2 Å². The van der Waals surface area contributed by atoms with Crippen molar-refractivity contribution in [2.45, 2.75) is 12.8 Å². The zero-order chi connectivity index (χ0) is 14.0. The fourth-order valence-electron chi connectivity index (χ4n) is 2.38. The molecule has 0 saturated carbocycles. The fraction of sp³-hybridized carbons (Fsp3) is 0.500. The van der Waals surface area contributed by atoms with Crippen molar-refractivity contribution in [1.82, 2.24) is 0 Å². The van der Waals surface area contributed by atoms with E-state index < -0.39 is 4.92 Å². The number of anilines is 1. The lowest BCUT2D eigenvalue weighted by atomic mass is 9.98. The van der Waals surface area contributed by atoms with E-state index in [2.05, 4.69) is 0 Å².